The van der Waals surface area contributed by atoms with Gasteiger partial charge < -0.3 is 15.1 Å². The lowest BCUT2D eigenvalue weighted by atomic mass is 10.2. The van der Waals surface area contributed by atoms with E-state index in [1.165, 1.54) is 0 Å². The highest BCUT2D eigenvalue weighted by Gasteiger charge is 2.17. The van der Waals surface area contributed by atoms with Crippen LogP contribution in [0.4, 0.5) is 11.5 Å². The minimum absolute atomic E-state index is 0.228. The Morgan fingerprint density at radius 1 is 1.15 bits per heavy atom. The lowest BCUT2D eigenvalue weighted by molar-refractivity contribution is 0.102. The van der Waals surface area contributed by atoms with Gasteiger partial charge in [-0.3, -0.25) is 4.79 Å². The fraction of sp³-hybridized carbons (Fsp3) is 0.429. The van der Waals surface area contributed by atoms with Crippen LogP contribution < -0.4 is 10.2 Å². The molecule has 0 atom stereocenters. The molecule has 0 radical (unpaired) electrons. The highest BCUT2D eigenvalue weighted by molar-refractivity contribution is 6.34. The number of benzene rings is 1. The van der Waals surface area contributed by atoms with Gasteiger partial charge in [0.1, 0.15) is 5.82 Å². The van der Waals surface area contributed by atoms with E-state index in [4.69, 9.17) is 11.6 Å². The van der Waals surface area contributed by atoms with Crippen molar-refractivity contribution in [2.24, 2.45) is 5.92 Å². The quantitative estimate of drug-likeness (QED) is 0.838. The van der Waals surface area contributed by atoms with Crippen molar-refractivity contribution in [1.29, 1.82) is 0 Å². The number of nitrogens with one attached hydrogen (secondary N) is 1. The van der Waals surface area contributed by atoms with Crippen molar-refractivity contribution in [3.05, 3.63) is 53.2 Å². The number of carbonyl (C=O) groups is 1. The molecular formula is C21H27ClN4O. The monoisotopic (exact) mass is 386 g/mol. The number of carbonyl (C=O) groups excluding carboxylic acids is 1. The zero-order chi connectivity index (χ0) is 19.2. The summed E-state index contributed by atoms with van der Waals surface area (Å²) in [4.78, 5) is 21.8. The predicted octanol–water partition coefficient (Wildman–Crippen LogP) is 4.16. The molecule has 2 aromatic rings. The van der Waals surface area contributed by atoms with E-state index in [2.05, 4.69) is 33.9 Å². The van der Waals surface area contributed by atoms with E-state index in [1.54, 1.807) is 30.5 Å². The fourth-order valence-corrected chi connectivity index (χ4v) is 3.61. The van der Waals surface area contributed by atoms with E-state index in [0.29, 0.717) is 22.2 Å². The van der Waals surface area contributed by atoms with E-state index < -0.39 is 0 Å². The molecule has 144 valence electrons. The first kappa shape index (κ1) is 19.6. The SMILES string of the molecule is CC(C)CN1CCCN(c2ccc(NC(=O)c3ccccc3Cl)cn2)CC1. The second-order valence-corrected chi connectivity index (χ2v) is 7.78. The Balaban J connectivity index is 1.60. The minimum atomic E-state index is -0.228. The smallest absolute Gasteiger partial charge is 0.257 e. The van der Waals surface area contributed by atoms with Gasteiger partial charge in [-0.2, -0.15) is 0 Å². The molecule has 6 heteroatoms. The molecular weight excluding hydrogens is 360 g/mol. The molecule has 0 saturated carbocycles. The van der Waals surface area contributed by atoms with Gasteiger partial charge in [0.2, 0.25) is 0 Å². The maximum atomic E-state index is 12.4. The number of amides is 1. The summed E-state index contributed by atoms with van der Waals surface area (Å²) in [5, 5.41) is 3.30. The van der Waals surface area contributed by atoms with Gasteiger partial charge in [0.15, 0.2) is 0 Å². The fourth-order valence-electron chi connectivity index (χ4n) is 3.39. The summed E-state index contributed by atoms with van der Waals surface area (Å²) in [6.45, 7) is 9.86. The average Bonchev–Trinajstić information content (AvgIpc) is 2.88. The van der Waals surface area contributed by atoms with E-state index in [-0.39, 0.29) is 5.91 Å². The summed E-state index contributed by atoms with van der Waals surface area (Å²) in [5.41, 5.74) is 1.13. The van der Waals surface area contributed by atoms with Gasteiger partial charge in [0.25, 0.3) is 5.91 Å². The summed E-state index contributed by atoms with van der Waals surface area (Å²) >= 11 is 6.08. The van der Waals surface area contributed by atoms with Crippen molar-refractivity contribution in [2.45, 2.75) is 20.3 Å². The van der Waals surface area contributed by atoms with Crippen molar-refractivity contribution >= 4 is 29.0 Å². The molecule has 1 aromatic heterocycles. The third-order valence-corrected chi connectivity index (χ3v) is 4.99. The third-order valence-electron chi connectivity index (χ3n) is 4.66. The first-order valence-electron chi connectivity index (χ1n) is 9.52. The molecule has 0 spiro atoms. The molecule has 27 heavy (non-hydrogen) atoms. The molecule has 0 aliphatic carbocycles. The molecule has 1 saturated heterocycles. The van der Waals surface area contributed by atoms with Crippen LogP contribution in [0.25, 0.3) is 0 Å². The van der Waals surface area contributed by atoms with Crippen LogP contribution in [0.5, 0.6) is 0 Å². The molecule has 1 aliphatic rings. The maximum absolute atomic E-state index is 12.4. The molecule has 0 bridgehead atoms. The number of rotatable bonds is 5. The van der Waals surface area contributed by atoms with Crippen LogP contribution >= 0.6 is 11.6 Å². The van der Waals surface area contributed by atoms with Gasteiger partial charge in [-0.15, -0.1) is 0 Å². The predicted molar refractivity (Wildman–Crippen MR) is 112 cm³/mol. The van der Waals surface area contributed by atoms with Crippen molar-refractivity contribution in [1.82, 2.24) is 9.88 Å². The van der Waals surface area contributed by atoms with Crippen LogP contribution in [0, 0.1) is 5.92 Å². The van der Waals surface area contributed by atoms with Crippen LogP contribution in [0.1, 0.15) is 30.6 Å². The summed E-state index contributed by atoms with van der Waals surface area (Å²) in [5.74, 6) is 1.42. The van der Waals surface area contributed by atoms with Crippen molar-refractivity contribution in [2.75, 3.05) is 42.9 Å². The highest BCUT2D eigenvalue weighted by Crippen LogP contribution is 2.19. The molecule has 1 N–H and O–H groups in total. The molecule has 3 rings (SSSR count). The lowest BCUT2D eigenvalue weighted by Gasteiger charge is -2.23. The Morgan fingerprint density at radius 3 is 2.67 bits per heavy atom. The first-order valence-corrected chi connectivity index (χ1v) is 9.90. The molecule has 1 aromatic carbocycles. The number of halogens is 1. The van der Waals surface area contributed by atoms with Crippen molar-refractivity contribution < 1.29 is 4.79 Å². The Morgan fingerprint density at radius 2 is 1.96 bits per heavy atom. The Labute approximate surface area is 166 Å². The zero-order valence-electron chi connectivity index (χ0n) is 16.0. The summed E-state index contributed by atoms with van der Waals surface area (Å²) < 4.78 is 0. The van der Waals surface area contributed by atoms with Crippen LogP contribution in [0.3, 0.4) is 0 Å². The number of hydrogen-bond donors (Lipinski definition) is 1. The van der Waals surface area contributed by atoms with Gasteiger partial charge in [0, 0.05) is 26.2 Å². The number of nitrogens with zero attached hydrogens (tertiary/aromatic N) is 3. The Hall–Kier alpha value is -2.11. The van der Waals surface area contributed by atoms with Gasteiger partial charge >= 0.3 is 0 Å². The number of aromatic nitrogens is 1. The molecule has 1 amide bonds. The second-order valence-electron chi connectivity index (χ2n) is 7.37. The van der Waals surface area contributed by atoms with E-state index in [9.17, 15) is 4.79 Å². The minimum Gasteiger partial charge on any atom is -0.355 e. The van der Waals surface area contributed by atoms with Gasteiger partial charge in [-0.05, 0) is 43.1 Å². The third kappa shape index (κ3) is 5.44. The maximum Gasteiger partial charge on any atom is 0.257 e. The summed E-state index contributed by atoms with van der Waals surface area (Å²) in [7, 11) is 0. The van der Waals surface area contributed by atoms with Crippen LogP contribution in [0.2, 0.25) is 5.02 Å². The summed E-state index contributed by atoms with van der Waals surface area (Å²) in [6.07, 6.45) is 2.85. The normalized spacial score (nSPS) is 15.6. The average molecular weight is 387 g/mol. The molecule has 5 nitrogen and oxygen atoms in total. The van der Waals surface area contributed by atoms with Crippen molar-refractivity contribution in [3.8, 4) is 0 Å². The second kappa shape index (κ2) is 9.20. The molecule has 2 heterocycles. The molecule has 1 fully saturated rings. The first-order chi connectivity index (χ1) is 13.0. The van der Waals surface area contributed by atoms with Crippen LogP contribution in [-0.2, 0) is 0 Å². The van der Waals surface area contributed by atoms with Crippen LogP contribution in [-0.4, -0.2) is 48.5 Å². The van der Waals surface area contributed by atoms with E-state index in [0.717, 1.165) is 45.0 Å². The number of anilines is 2. The largest absolute Gasteiger partial charge is 0.355 e. The van der Waals surface area contributed by atoms with Crippen LogP contribution in [0.15, 0.2) is 42.6 Å². The number of hydrogen-bond acceptors (Lipinski definition) is 4. The van der Waals surface area contributed by atoms with Gasteiger partial charge in [-0.1, -0.05) is 37.6 Å². The van der Waals surface area contributed by atoms with E-state index in [1.807, 2.05) is 12.1 Å². The number of pyridine rings is 1. The lowest BCUT2D eigenvalue weighted by Crippen LogP contribution is -2.33. The highest BCUT2D eigenvalue weighted by atomic mass is 35.5. The van der Waals surface area contributed by atoms with Crippen molar-refractivity contribution in [3.63, 3.8) is 0 Å². The van der Waals surface area contributed by atoms with Gasteiger partial charge in [0.05, 0.1) is 22.5 Å². The van der Waals surface area contributed by atoms with Gasteiger partial charge in [-0.25, -0.2) is 4.98 Å². The molecule has 1 aliphatic heterocycles. The Bertz CT molecular complexity index is 763. The molecule has 0 unspecified atom stereocenters. The topological polar surface area (TPSA) is 48.5 Å². The zero-order valence-corrected chi connectivity index (χ0v) is 16.7. The Kier molecular flexibility index (Phi) is 6.69. The summed E-state index contributed by atoms with van der Waals surface area (Å²) in [6, 6.07) is 10.9. The van der Waals surface area contributed by atoms with E-state index >= 15 is 0 Å². The standard InChI is InChI=1S/C21H27ClN4O/c1-16(2)15-25-10-5-11-26(13-12-25)20-9-8-17(14-23-20)24-21(27)18-6-3-4-7-19(18)22/h3-4,6-9,14,16H,5,10-13,15H2,1-2H3,(H,24,27).